The van der Waals surface area contributed by atoms with Crippen molar-refractivity contribution in [3.8, 4) is 5.75 Å². The number of anilines is 2. The van der Waals surface area contributed by atoms with Crippen LogP contribution in [0.2, 0.25) is 0 Å². The molecule has 2 N–H and O–H groups in total. The number of ether oxygens (including phenoxy) is 1. The maximum Gasteiger partial charge on any atom is 0.242 e. The van der Waals surface area contributed by atoms with Gasteiger partial charge < -0.3 is 20.3 Å². The molecule has 1 aromatic rings. The van der Waals surface area contributed by atoms with Gasteiger partial charge in [0.15, 0.2) is 0 Å². The van der Waals surface area contributed by atoms with E-state index in [4.69, 9.17) is 10.5 Å². The standard InChI is InChI=1S/C18H29N3O2/c1-5-9-20(10-6-2)17(22)12-21-13-18(3,4)23-16-8-7-14(19)11-15(16)21/h7-8,11H,5-6,9-10,12-13,19H2,1-4H3. The number of nitrogen functional groups attached to an aromatic ring is 1. The van der Waals surface area contributed by atoms with Crippen molar-refractivity contribution in [2.75, 3.05) is 36.8 Å². The Morgan fingerprint density at radius 2 is 1.96 bits per heavy atom. The molecule has 0 aliphatic carbocycles. The fraction of sp³-hybridized carbons (Fsp3) is 0.611. The fourth-order valence-corrected chi connectivity index (χ4v) is 3.05. The molecule has 1 heterocycles. The number of nitrogens with zero attached hydrogens (tertiary/aromatic N) is 2. The molecule has 0 bridgehead atoms. The molecule has 1 aliphatic heterocycles. The first-order chi connectivity index (χ1) is 10.9. The minimum absolute atomic E-state index is 0.166. The number of carbonyl (C=O) groups is 1. The van der Waals surface area contributed by atoms with Gasteiger partial charge in [-0.25, -0.2) is 0 Å². The molecule has 2 rings (SSSR count). The molecule has 5 heteroatoms. The van der Waals surface area contributed by atoms with E-state index in [1.54, 1.807) is 0 Å². The maximum absolute atomic E-state index is 12.7. The first-order valence-corrected chi connectivity index (χ1v) is 8.47. The average molecular weight is 319 g/mol. The van der Waals surface area contributed by atoms with Gasteiger partial charge in [0.25, 0.3) is 0 Å². The first-order valence-electron chi connectivity index (χ1n) is 8.47. The highest BCUT2D eigenvalue weighted by molar-refractivity contribution is 5.83. The summed E-state index contributed by atoms with van der Waals surface area (Å²) in [5, 5.41) is 0. The van der Waals surface area contributed by atoms with Crippen LogP contribution in [0.15, 0.2) is 18.2 Å². The van der Waals surface area contributed by atoms with Crippen molar-refractivity contribution in [2.24, 2.45) is 0 Å². The highest BCUT2D eigenvalue weighted by atomic mass is 16.5. The lowest BCUT2D eigenvalue weighted by Gasteiger charge is -2.41. The van der Waals surface area contributed by atoms with Gasteiger partial charge >= 0.3 is 0 Å². The van der Waals surface area contributed by atoms with E-state index in [2.05, 4.69) is 18.7 Å². The largest absolute Gasteiger partial charge is 0.484 e. The lowest BCUT2D eigenvalue weighted by Crippen LogP contribution is -2.50. The molecule has 0 saturated heterocycles. The maximum atomic E-state index is 12.7. The highest BCUT2D eigenvalue weighted by Crippen LogP contribution is 2.38. The van der Waals surface area contributed by atoms with Crippen LogP contribution in [0.3, 0.4) is 0 Å². The number of carbonyl (C=O) groups excluding carboxylic acids is 1. The van der Waals surface area contributed by atoms with E-state index in [0.717, 1.165) is 37.4 Å². The van der Waals surface area contributed by atoms with Crippen molar-refractivity contribution >= 4 is 17.3 Å². The molecule has 0 spiro atoms. The summed E-state index contributed by atoms with van der Waals surface area (Å²) in [5.74, 6) is 0.959. The quantitative estimate of drug-likeness (QED) is 0.819. The van der Waals surface area contributed by atoms with Crippen molar-refractivity contribution < 1.29 is 9.53 Å². The lowest BCUT2D eigenvalue weighted by atomic mass is 10.0. The van der Waals surface area contributed by atoms with Gasteiger partial charge in [-0.2, -0.15) is 0 Å². The van der Waals surface area contributed by atoms with Crippen molar-refractivity contribution in [3.05, 3.63) is 18.2 Å². The summed E-state index contributed by atoms with van der Waals surface area (Å²) in [6.07, 6.45) is 1.95. The Bertz CT molecular complexity index is 551. The zero-order valence-electron chi connectivity index (χ0n) is 14.8. The van der Waals surface area contributed by atoms with Crippen molar-refractivity contribution in [2.45, 2.75) is 46.1 Å². The van der Waals surface area contributed by atoms with Crippen LogP contribution in [0.5, 0.6) is 5.75 Å². The summed E-state index contributed by atoms with van der Waals surface area (Å²) >= 11 is 0. The zero-order valence-corrected chi connectivity index (χ0v) is 14.8. The summed E-state index contributed by atoms with van der Waals surface area (Å²) < 4.78 is 6.02. The summed E-state index contributed by atoms with van der Waals surface area (Å²) in [5.41, 5.74) is 7.18. The van der Waals surface area contributed by atoms with Crippen LogP contribution >= 0.6 is 0 Å². The van der Waals surface area contributed by atoms with Gasteiger partial charge in [0.1, 0.15) is 11.4 Å². The van der Waals surface area contributed by atoms with E-state index in [-0.39, 0.29) is 11.5 Å². The molecule has 0 radical (unpaired) electrons. The second-order valence-electron chi connectivity index (χ2n) is 6.83. The molecule has 0 saturated carbocycles. The van der Waals surface area contributed by atoms with Crippen molar-refractivity contribution in [3.63, 3.8) is 0 Å². The predicted octanol–water partition coefficient (Wildman–Crippen LogP) is 2.89. The third-order valence-electron chi connectivity index (χ3n) is 3.95. The molecule has 0 aromatic heterocycles. The minimum atomic E-state index is -0.330. The average Bonchev–Trinajstić information content (AvgIpc) is 2.47. The number of hydrogen-bond donors (Lipinski definition) is 1. The molecule has 1 amide bonds. The van der Waals surface area contributed by atoms with E-state index in [1.807, 2.05) is 36.9 Å². The monoisotopic (exact) mass is 319 g/mol. The Morgan fingerprint density at radius 1 is 1.30 bits per heavy atom. The fourth-order valence-electron chi connectivity index (χ4n) is 3.05. The van der Waals surface area contributed by atoms with E-state index in [9.17, 15) is 4.79 Å². The van der Waals surface area contributed by atoms with E-state index in [0.29, 0.717) is 18.8 Å². The molecular weight excluding hydrogens is 290 g/mol. The Balaban J connectivity index is 2.21. The number of benzene rings is 1. The number of hydrogen-bond acceptors (Lipinski definition) is 4. The van der Waals surface area contributed by atoms with Crippen LogP contribution in [-0.4, -0.2) is 42.6 Å². The topological polar surface area (TPSA) is 58.8 Å². The lowest BCUT2D eigenvalue weighted by molar-refractivity contribution is -0.129. The summed E-state index contributed by atoms with van der Waals surface area (Å²) in [6.45, 7) is 10.9. The van der Waals surface area contributed by atoms with Gasteiger partial charge in [-0.15, -0.1) is 0 Å². The first kappa shape index (κ1) is 17.4. The van der Waals surface area contributed by atoms with E-state index < -0.39 is 0 Å². The summed E-state index contributed by atoms with van der Waals surface area (Å²) in [6, 6.07) is 5.61. The van der Waals surface area contributed by atoms with Gasteiger partial charge in [-0.3, -0.25) is 4.79 Å². The molecule has 23 heavy (non-hydrogen) atoms. The molecule has 0 unspecified atom stereocenters. The Kier molecular flexibility index (Phi) is 5.39. The van der Waals surface area contributed by atoms with Gasteiger partial charge in [0.2, 0.25) is 5.91 Å². The number of amides is 1. The molecule has 1 aromatic carbocycles. The number of fused-ring (bicyclic) bond motifs is 1. The molecule has 1 aliphatic rings. The SMILES string of the molecule is CCCN(CCC)C(=O)CN1CC(C)(C)Oc2ccc(N)cc21. The predicted molar refractivity (Wildman–Crippen MR) is 94.9 cm³/mol. The van der Waals surface area contributed by atoms with Gasteiger partial charge in [0, 0.05) is 18.8 Å². The molecule has 5 nitrogen and oxygen atoms in total. The second kappa shape index (κ2) is 7.11. The highest BCUT2D eigenvalue weighted by Gasteiger charge is 2.33. The normalized spacial score (nSPS) is 15.7. The number of rotatable bonds is 6. The van der Waals surface area contributed by atoms with Crippen LogP contribution in [0.1, 0.15) is 40.5 Å². The van der Waals surface area contributed by atoms with Crippen LogP contribution < -0.4 is 15.4 Å². The van der Waals surface area contributed by atoms with Gasteiger partial charge in [-0.05, 0) is 44.9 Å². The van der Waals surface area contributed by atoms with Crippen molar-refractivity contribution in [1.82, 2.24) is 4.90 Å². The van der Waals surface area contributed by atoms with Gasteiger partial charge in [0.05, 0.1) is 18.8 Å². The molecule has 0 atom stereocenters. The van der Waals surface area contributed by atoms with Crippen molar-refractivity contribution in [1.29, 1.82) is 0 Å². The van der Waals surface area contributed by atoms with Gasteiger partial charge in [-0.1, -0.05) is 13.8 Å². The molecular formula is C18H29N3O2. The van der Waals surface area contributed by atoms with Crippen LogP contribution in [-0.2, 0) is 4.79 Å². The molecule has 0 fully saturated rings. The second-order valence-corrected chi connectivity index (χ2v) is 6.83. The Morgan fingerprint density at radius 3 is 2.57 bits per heavy atom. The Labute approximate surface area is 139 Å². The number of nitrogens with two attached hydrogens (primary N) is 1. The van der Waals surface area contributed by atoms with Crippen LogP contribution in [0.25, 0.3) is 0 Å². The third-order valence-corrected chi connectivity index (χ3v) is 3.95. The zero-order chi connectivity index (χ0) is 17.0. The van der Waals surface area contributed by atoms with E-state index in [1.165, 1.54) is 0 Å². The van der Waals surface area contributed by atoms with Crippen LogP contribution in [0, 0.1) is 0 Å². The minimum Gasteiger partial charge on any atom is -0.484 e. The Hall–Kier alpha value is -1.91. The van der Waals surface area contributed by atoms with E-state index >= 15 is 0 Å². The third kappa shape index (κ3) is 4.30. The molecule has 128 valence electrons. The summed E-state index contributed by atoms with van der Waals surface area (Å²) in [7, 11) is 0. The summed E-state index contributed by atoms with van der Waals surface area (Å²) in [4.78, 5) is 16.8. The smallest absolute Gasteiger partial charge is 0.242 e. The van der Waals surface area contributed by atoms with Crippen LogP contribution in [0.4, 0.5) is 11.4 Å².